The number of hydrogen-bond acceptors (Lipinski definition) is 3. The van der Waals surface area contributed by atoms with E-state index in [4.69, 9.17) is 4.74 Å². The summed E-state index contributed by atoms with van der Waals surface area (Å²) < 4.78 is 5.45. The molecule has 0 amide bonds. The summed E-state index contributed by atoms with van der Waals surface area (Å²) in [6.07, 6.45) is 10.4. The van der Waals surface area contributed by atoms with Crippen molar-refractivity contribution in [2.45, 2.75) is 85.9 Å². The van der Waals surface area contributed by atoms with Gasteiger partial charge in [-0.05, 0) is 70.8 Å². The molecular formula is C22H36O3. The van der Waals surface area contributed by atoms with Gasteiger partial charge in [0.2, 0.25) is 0 Å². The third-order valence-corrected chi connectivity index (χ3v) is 5.15. The monoisotopic (exact) mass is 348 g/mol. The van der Waals surface area contributed by atoms with Crippen LogP contribution in [-0.2, 0) is 9.53 Å². The largest absolute Gasteiger partial charge is 0.458 e. The zero-order valence-corrected chi connectivity index (χ0v) is 16.8. The van der Waals surface area contributed by atoms with Crippen LogP contribution in [0.15, 0.2) is 34.9 Å². The first kappa shape index (κ1) is 21.7. The lowest BCUT2D eigenvalue weighted by atomic mass is 9.80. The zero-order valence-electron chi connectivity index (χ0n) is 16.8. The molecule has 1 aliphatic carbocycles. The molecule has 25 heavy (non-hydrogen) atoms. The second-order valence-electron chi connectivity index (χ2n) is 7.82. The summed E-state index contributed by atoms with van der Waals surface area (Å²) in [4.78, 5) is 11.4. The van der Waals surface area contributed by atoms with Gasteiger partial charge in [0.15, 0.2) is 0 Å². The van der Waals surface area contributed by atoms with Crippen molar-refractivity contribution in [1.29, 1.82) is 0 Å². The number of esters is 1. The first-order valence-corrected chi connectivity index (χ1v) is 9.53. The molecule has 0 spiro atoms. The Balaban J connectivity index is 2.94. The highest BCUT2D eigenvalue weighted by Gasteiger charge is 2.26. The highest BCUT2D eigenvalue weighted by Crippen LogP contribution is 2.30. The van der Waals surface area contributed by atoms with E-state index in [0.29, 0.717) is 12.3 Å². The van der Waals surface area contributed by atoms with Crippen LogP contribution in [0.2, 0.25) is 0 Å². The highest BCUT2D eigenvalue weighted by molar-refractivity contribution is 5.66. The van der Waals surface area contributed by atoms with Gasteiger partial charge < -0.3 is 9.84 Å². The van der Waals surface area contributed by atoms with Gasteiger partial charge in [-0.15, -0.1) is 0 Å². The minimum atomic E-state index is -0.495. The van der Waals surface area contributed by atoms with Gasteiger partial charge >= 0.3 is 5.97 Å². The van der Waals surface area contributed by atoms with Crippen LogP contribution in [0, 0.1) is 11.8 Å². The third-order valence-electron chi connectivity index (χ3n) is 5.15. The van der Waals surface area contributed by atoms with E-state index in [1.54, 1.807) is 0 Å². The van der Waals surface area contributed by atoms with Crippen LogP contribution in [0.1, 0.15) is 73.6 Å². The van der Waals surface area contributed by atoms with E-state index in [9.17, 15) is 9.90 Å². The Morgan fingerprint density at radius 3 is 2.64 bits per heavy atom. The number of allylic oxidation sites excluding steroid dienone is 3. The van der Waals surface area contributed by atoms with Gasteiger partial charge in [-0.3, -0.25) is 4.79 Å². The molecule has 0 saturated carbocycles. The van der Waals surface area contributed by atoms with Gasteiger partial charge in [0, 0.05) is 13.3 Å². The molecule has 142 valence electrons. The molecular weight excluding hydrogens is 312 g/mol. The van der Waals surface area contributed by atoms with Crippen LogP contribution in [0.5, 0.6) is 0 Å². The van der Waals surface area contributed by atoms with Crippen LogP contribution in [0.3, 0.4) is 0 Å². The van der Waals surface area contributed by atoms with Crippen molar-refractivity contribution < 1.29 is 14.6 Å². The van der Waals surface area contributed by atoms with E-state index < -0.39 is 6.10 Å². The Kier molecular flexibility index (Phi) is 9.20. The zero-order chi connectivity index (χ0) is 19.0. The maximum Gasteiger partial charge on any atom is 0.303 e. The lowest BCUT2D eigenvalue weighted by molar-refractivity contribution is -0.144. The van der Waals surface area contributed by atoms with Crippen LogP contribution in [0.4, 0.5) is 0 Å². The quantitative estimate of drug-likeness (QED) is 0.538. The second kappa shape index (κ2) is 10.6. The fraction of sp³-hybridized carbons (Fsp3) is 0.682. The van der Waals surface area contributed by atoms with Gasteiger partial charge in [0.25, 0.3) is 0 Å². The molecule has 0 bridgehead atoms. The molecule has 0 aromatic rings. The first-order valence-electron chi connectivity index (χ1n) is 9.53. The molecule has 1 rings (SSSR count). The summed E-state index contributed by atoms with van der Waals surface area (Å²) >= 11 is 0. The van der Waals surface area contributed by atoms with Crippen molar-refractivity contribution in [2.75, 3.05) is 0 Å². The molecule has 0 fully saturated rings. The highest BCUT2D eigenvalue weighted by atomic mass is 16.5. The number of hydrogen-bond donors (Lipinski definition) is 1. The maximum absolute atomic E-state index is 11.4. The average molecular weight is 349 g/mol. The van der Waals surface area contributed by atoms with Crippen molar-refractivity contribution in [3.63, 3.8) is 0 Å². The van der Waals surface area contributed by atoms with Gasteiger partial charge in [0.1, 0.15) is 6.10 Å². The van der Waals surface area contributed by atoms with E-state index in [1.807, 2.05) is 13.0 Å². The Morgan fingerprint density at radius 2 is 2.04 bits per heavy atom. The minimum Gasteiger partial charge on any atom is -0.458 e. The molecule has 1 aliphatic rings. The van der Waals surface area contributed by atoms with Crippen LogP contribution in [-0.4, -0.2) is 23.3 Å². The normalized spacial score (nSPS) is 30.3. The van der Waals surface area contributed by atoms with Gasteiger partial charge in [-0.1, -0.05) is 36.3 Å². The Morgan fingerprint density at radius 1 is 1.36 bits per heavy atom. The number of aliphatic hydroxyl groups is 1. The van der Waals surface area contributed by atoms with Gasteiger partial charge in [-0.2, -0.15) is 0 Å². The summed E-state index contributed by atoms with van der Waals surface area (Å²) in [5, 5.41) is 10.8. The van der Waals surface area contributed by atoms with Gasteiger partial charge in [-0.25, -0.2) is 0 Å². The molecule has 0 saturated heterocycles. The molecule has 3 nitrogen and oxygen atoms in total. The number of aliphatic hydroxyl groups excluding tert-OH is 1. The molecule has 1 N–H and O–H groups in total. The van der Waals surface area contributed by atoms with Crippen molar-refractivity contribution in [3.8, 4) is 0 Å². The number of carbonyl (C=O) groups excluding carboxylic acids is 1. The molecule has 0 heterocycles. The second-order valence-corrected chi connectivity index (χ2v) is 7.82. The number of rotatable bonds is 5. The van der Waals surface area contributed by atoms with E-state index in [2.05, 4.69) is 39.8 Å². The van der Waals surface area contributed by atoms with Gasteiger partial charge in [0.05, 0.1) is 6.10 Å². The van der Waals surface area contributed by atoms with Crippen molar-refractivity contribution in [1.82, 2.24) is 0 Å². The van der Waals surface area contributed by atoms with Crippen molar-refractivity contribution in [2.24, 2.45) is 11.8 Å². The summed E-state index contributed by atoms with van der Waals surface area (Å²) in [6, 6.07) is 0. The van der Waals surface area contributed by atoms with Crippen LogP contribution < -0.4 is 0 Å². The Hall–Kier alpha value is -1.35. The summed E-state index contributed by atoms with van der Waals surface area (Å²) in [7, 11) is 0. The molecule has 3 heteroatoms. The average Bonchev–Trinajstić information content (AvgIpc) is 2.49. The van der Waals surface area contributed by atoms with Crippen LogP contribution in [0.25, 0.3) is 0 Å². The SMILES string of the molecule is CC(=O)O[C@H]1C/C=C(\C)CC[C@@H]([C@H](C)CCC=C(C)C)[C@@H](O)/C=C/1C. The third kappa shape index (κ3) is 8.04. The van der Waals surface area contributed by atoms with Crippen molar-refractivity contribution >= 4 is 5.97 Å². The van der Waals surface area contributed by atoms with E-state index in [1.165, 1.54) is 18.1 Å². The summed E-state index contributed by atoms with van der Waals surface area (Å²) in [5.74, 6) is 0.385. The minimum absolute atomic E-state index is 0.222. The Bertz CT molecular complexity index is 523. The van der Waals surface area contributed by atoms with E-state index in [0.717, 1.165) is 31.3 Å². The fourth-order valence-corrected chi connectivity index (χ4v) is 3.47. The predicted molar refractivity (Wildman–Crippen MR) is 104 cm³/mol. The summed E-state index contributed by atoms with van der Waals surface area (Å²) in [5.41, 5.74) is 3.59. The topological polar surface area (TPSA) is 46.5 Å². The molecule has 0 unspecified atom stereocenters. The number of ether oxygens (including phenoxy) is 1. The lowest BCUT2D eigenvalue weighted by Crippen LogP contribution is -2.27. The smallest absolute Gasteiger partial charge is 0.303 e. The summed E-state index contributed by atoms with van der Waals surface area (Å²) in [6.45, 7) is 12.0. The fourth-order valence-electron chi connectivity index (χ4n) is 3.47. The molecule has 0 aromatic heterocycles. The first-order chi connectivity index (χ1) is 11.7. The molecule has 4 atom stereocenters. The molecule has 0 aliphatic heterocycles. The van der Waals surface area contributed by atoms with Crippen molar-refractivity contribution in [3.05, 3.63) is 34.9 Å². The Labute approximate surface area is 153 Å². The van der Waals surface area contributed by atoms with E-state index in [-0.39, 0.29) is 18.0 Å². The molecule has 0 radical (unpaired) electrons. The molecule has 0 aromatic carbocycles. The lowest BCUT2D eigenvalue weighted by Gasteiger charge is -2.29. The predicted octanol–water partition coefficient (Wildman–Crippen LogP) is 5.35. The maximum atomic E-state index is 11.4. The van der Waals surface area contributed by atoms with E-state index >= 15 is 0 Å². The van der Waals surface area contributed by atoms with Crippen LogP contribution >= 0.6 is 0 Å². The standard InChI is InChI=1S/C22H36O3/c1-15(2)8-7-9-17(4)20-12-10-16(3)11-13-22(25-19(6)23)18(5)14-21(20)24/h8,11,14,17,20-22,24H,7,9-10,12-13H2,1-6H3/b16-11+,18-14+/t17-,20+,21+,22+/m1/s1. The number of carbonyl (C=O) groups is 1.